The van der Waals surface area contributed by atoms with Gasteiger partial charge in [-0.3, -0.25) is 14.9 Å². The van der Waals surface area contributed by atoms with Gasteiger partial charge in [0.2, 0.25) is 5.91 Å². The van der Waals surface area contributed by atoms with Crippen molar-refractivity contribution in [1.29, 1.82) is 0 Å². The van der Waals surface area contributed by atoms with E-state index in [1.165, 1.54) is 29.0 Å². The zero-order chi connectivity index (χ0) is 23.1. The molecule has 1 N–H and O–H groups in total. The molecule has 168 valence electrons. The van der Waals surface area contributed by atoms with Gasteiger partial charge in [-0.1, -0.05) is 45.0 Å². The standard InChI is InChI=1S/C24H27N3O4S/c1-4-24(2,3)18-10-12-20(13-11-18)31-14-6-9-22(28)26-23-25-21(16-32-23)17-7-5-8-19(15-17)27(29)30/h5,7-8,10-13,15-16H,4,6,9,14H2,1-3H3,(H,25,26,28). The van der Waals surface area contributed by atoms with Crippen LogP contribution in [0.15, 0.2) is 53.9 Å². The van der Waals surface area contributed by atoms with E-state index in [2.05, 4.69) is 43.2 Å². The number of hydrogen-bond donors (Lipinski definition) is 1. The molecule has 0 aliphatic heterocycles. The molecule has 0 atom stereocenters. The minimum absolute atomic E-state index is 0.00445. The molecule has 8 heteroatoms. The summed E-state index contributed by atoms with van der Waals surface area (Å²) >= 11 is 1.28. The van der Waals surface area contributed by atoms with Crippen LogP contribution in [0.25, 0.3) is 11.3 Å². The molecule has 2 aromatic carbocycles. The van der Waals surface area contributed by atoms with Gasteiger partial charge in [0.25, 0.3) is 5.69 Å². The Balaban J connectivity index is 1.45. The summed E-state index contributed by atoms with van der Waals surface area (Å²) in [7, 11) is 0. The fraction of sp³-hybridized carbons (Fsp3) is 0.333. The molecule has 0 spiro atoms. The van der Waals surface area contributed by atoms with Crippen molar-refractivity contribution in [2.24, 2.45) is 0 Å². The average Bonchev–Trinajstić information content (AvgIpc) is 3.25. The van der Waals surface area contributed by atoms with Crippen molar-refractivity contribution in [3.05, 3.63) is 69.6 Å². The lowest BCUT2D eigenvalue weighted by molar-refractivity contribution is -0.384. The maximum Gasteiger partial charge on any atom is 0.270 e. The highest BCUT2D eigenvalue weighted by Crippen LogP contribution is 2.29. The van der Waals surface area contributed by atoms with Crippen LogP contribution in [0.4, 0.5) is 10.8 Å². The van der Waals surface area contributed by atoms with Crippen molar-refractivity contribution in [3.63, 3.8) is 0 Å². The van der Waals surface area contributed by atoms with Crippen LogP contribution in [0.5, 0.6) is 5.75 Å². The van der Waals surface area contributed by atoms with Crippen LogP contribution in [0.1, 0.15) is 45.6 Å². The molecule has 3 rings (SSSR count). The number of amides is 1. The summed E-state index contributed by atoms with van der Waals surface area (Å²) in [5.41, 5.74) is 2.65. The Bertz CT molecular complexity index is 1080. The number of ether oxygens (including phenoxy) is 1. The van der Waals surface area contributed by atoms with Crippen LogP contribution in [-0.4, -0.2) is 22.4 Å². The van der Waals surface area contributed by atoms with Crippen LogP contribution < -0.4 is 10.1 Å². The lowest BCUT2D eigenvalue weighted by Gasteiger charge is -2.23. The first-order chi connectivity index (χ1) is 15.3. The Morgan fingerprint density at radius 3 is 2.66 bits per heavy atom. The highest BCUT2D eigenvalue weighted by Gasteiger charge is 2.17. The second-order valence-corrected chi connectivity index (χ2v) is 8.97. The number of nitrogens with zero attached hydrogens (tertiary/aromatic N) is 2. The fourth-order valence-electron chi connectivity index (χ4n) is 3.05. The fourth-order valence-corrected chi connectivity index (χ4v) is 3.79. The SMILES string of the molecule is CCC(C)(C)c1ccc(OCCCC(=O)Nc2nc(-c3cccc([N+](=O)[O-])c3)cs2)cc1. The molecule has 0 unspecified atom stereocenters. The molecule has 1 heterocycles. The summed E-state index contributed by atoms with van der Waals surface area (Å²) < 4.78 is 5.75. The monoisotopic (exact) mass is 453 g/mol. The number of aromatic nitrogens is 1. The van der Waals surface area contributed by atoms with E-state index in [0.717, 1.165) is 12.2 Å². The number of nitrogens with one attached hydrogen (secondary N) is 1. The average molecular weight is 454 g/mol. The van der Waals surface area contributed by atoms with Gasteiger partial charge in [0.15, 0.2) is 5.13 Å². The highest BCUT2D eigenvalue weighted by molar-refractivity contribution is 7.14. The second kappa shape index (κ2) is 10.4. The van der Waals surface area contributed by atoms with Gasteiger partial charge in [0.1, 0.15) is 5.75 Å². The summed E-state index contributed by atoms with van der Waals surface area (Å²) in [6.07, 6.45) is 1.96. The first-order valence-electron chi connectivity index (χ1n) is 10.5. The van der Waals surface area contributed by atoms with Crippen LogP contribution in [0, 0.1) is 10.1 Å². The van der Waals surface area contributed by atoms with Crippen molar-refractivity contribution >= 4 is 28.1 Å². The third kappa shape index (κ3) is 6.13. The van der Waals surface area contributed by atoms with E-state index >= 15 is 0 Å². The summed E-state index contributed by atoms with van der Waals surface area (Å²) in [6, 6.07) is 14.4. The number of carbonyl (C=O) groups is 1. The number of benzene rings is 2. The molecule has 1 aromatic heterocycles. The molecule has 32 heavy (non-hydrogen) atoms. The minimum atomic E-state index is -0.443. The number of nitro benzene ring substituents is 1. The van der Waals surface area contributed by atoms with Gasteiger partial charge in [-0.2, -0.15) is 0 Å². The quantitative estimate of drug-likeness (QED) is 0.224. The van der Waals surface area contributed by atoms with E-state index in [4.69, 9.17) is 4.74 Å². The molecular weight excluding hydrogens is 426 g/mol. The van der Waals surface area contributed by atoms with E-state index in [1.807, 2.05) is 12.1 Å². The van der Waals surface area contributed by atoms with Crippen LogP contribution in [0.2, 0.25) is 0 Å². The number of hydrogen-bond acceptors (Lipinski definition) is 6. The van der Waals surface area contributed by atoms with E-state index < -0.39 is 4.92 Å². The zero-order valence-corrected chi connectivity index (χ0v) is 19.3. The zero-order valence-electron chi connectivity index (χ0n) is 18.5. The van der Waals surface area contributed by atoms with Crippen molar-refractivity contribution in [2.75, 3.05) is 11.9 Å². The van der Waals surface area contributed by atoms with Crippen molar-refractivity contribution in [3.8, 4) is 17.0 Å². The predicted molar refractivity (Wildman–Crippen MR) is 127 cm³/mol. The Kier molecular flexibility index (Phi) is 7.58. The molecule has 0 saturated carbocycles. The lowest BCUT2D eigenvalue weighted by atomic mass is 9.82. The number of thiazole rings is 1. The summed E-state index contributed by atoms with van der Waals surface area (Å²) in [5.74, 6) is 0.649. The molecule has 1 amide bonds. The van der Waals surface area contributed by atoms with Gasteiger partial charge in [-0.15, -0.1) is 11.3 Å². The summed E-state index contributed by atoms with van der Waals surface area (Å²) in [4.78, 5) is 27.1. The molecule has 0 radical (unpaired) electrons. The Labute approximate surface area is 191 Å². The molecule has 0 aliphatic carbocycles. The minimum Gasteiger partial charge on any atom is -0.494 e. The molecule has 7 nitrogen and oxygen atoms in total. The van der Waals surface area contributed by atoms with Gasteiger partial charge in [-0.25, -0.2) is 4.98 Å². The first kappa shape index (κ1) is 23.4. The van der Waals surface area contributed by atoms with Gasteiger partial charge in [0, 0.05) is 29.5 Å². The highest BCUT2D eigenvalue weighted by atomic mass is 32.1. The number of nitro groups is 1. The smallest absolute Gasteiger partial charge is 0.270 e. The normalized spacial score (nSPS) is 11.2. The maximum absolute atomic E-state index is 12.2. The second-order valence-electron chi connectivity index (χ2n) is 8.11. The Hall–Kier alpha value is -3.26. The number of anilines is 1. The predicted octanol–water partition coefficient (Wildman–Crippen LogP) is 6.20. The molecule has 0 bridgehead atoms. The van der Waals surface area contributed by atoms with Crippen molar-refractivity contribution in [2.45, 2.75) is 45.4 Å². The van der Waals surface area contributed by atoms with Gasteiger partial charge < -0.3 is 10.1 Å². The molecule has 0 fully saturated rings. The third-order valence-electron chi connectivity index (χ3n) is 5.44. The van der Waals surface area contributed by atoms with Crippen molar-refractivity contribution in [1.82, 2.24) is 4.98 Å². The summed E-state index contributed by atoms with van der Waals surface area (Å²) in [5, 5.41) is 15.9. The molecule has 0 saturated heterocycles. The lowest BCUT2D eigenvalue weighted by Crippen LogP contribution is -2.15. The number of carbonyl (C=O) groups excluding carboxylic acids is 1. The van der Waals surface area contributed by atoms with E-state index in [1.54, 1.807) is 17.5 Å². The Morgan fingerprint density at radius 2 is 1.97 bits per heavy atom. The molecular formula is C24H27N3O4S. The first-order valence-corrected chi connectivity index (χ1v) is 11.4. The third-order valence-corrected chi connectivity index (χ3v) is 6.20. The van der Waals surface area contributed by atoms with E-state index in [9.17, 15) is 14.9 Å². The van der Waals surface area contributed by atoms with Gasteiger partial charge >= 0.3 is 0 Å². The topological polar surface area (TPSA) is 94.4 Å². The van der Waals surface area contributed by atoms with Crippen molar-refractivity contribution < 1.29 is 14.5 Å². The van der Waals surface area contributed by atoms with Crippen LogP contribution in [-0.2, 0) is 10.2 Å². The van der Waals surface area contributed by atoms with Crippen LogP contribution in [0.3, 0.4) is 0 Å². The summed E-state index contributed by atoms with van der Waals surface area (Å²) in [6.45, 7) is 7.06. The molecule has 3 aromatic rings. The molecule has 0 aliphatic rings. The Morgan fingerprint density at radius 1 is 1.22 bits per heavy atom. The van der Waals surface area contributed by atoms with E-state index in [0.29, 0.717) is 35.8 Å². The number of rotatable bonds is 10. The van der Waals surface area contributed by atoms with Gasteiger partial charge in [-0.05, 0) is 36.0 Å². The maximum atomic E-state index is 12.2. The largest absolute Gasteiger partial charge is 0.494 e. The van der Waals surface area contributed by atoms with E-state index in [-0.39, 0.29) is 17.0 Å². The van der Waals surface area contributed by atoms with Gasteiger partial charge in [0.05, 0.1) is 17.2 Å². The van der Waals surface area contributed by atoms with Crippen LogP contribution >= 0.6 is 11.3 Å². The number of non-ortho nitro benzene ring substituents is 1.